The fraction of sp³-hybridized carbons (Fsp3) is 0.333. The third-order valence-corrected chi connectivity index (χ3v) is 4.69. The second-order valence-electron chi connectivity index (χ2n) is 6.52. The molecule has 2 aromatic carbocycles. The van der Waals surface area contributed by atoms with Crippen molar-refractivity contribution in [3.63, 3.8) is 0 Å². The number of aryl methyl sites for hydroxylation is 1. The maximum absolute atomic E-state index is 8.88. The maximum Gasteiger partial charge on any atom is 0.194 e. The molecule has 5 heteroatoms. The van der Waals surface area contributed by atoms with Crippen molar-refractivity contribution in [3.05, 3.63) is 65.2 Å². The van der Waals surface area contributed by atoms with E-state index in [-0.39, 0.29) is 0 Å². The second-order valence-corrected chi connectivity index (χ2v) is 6.52. The molecule has 0 saturated carbocycles. The van der Waals surface area contributed by atoms with E-state index in [4.69, 9.17) is 5.26 Å². The summed E-state index contributed by atoms with van der Waals surface area (Å²) < 4.78 is 0. The molecule has 1 aliphatic rings. The van der Waals surface area contributed by atoms with E-state index in [1.54, 1.807) is 0 Å². The van der Waals surface area contributed by atoms with Gasteiger partial charge in [-0.3, -0.25) is 4.99 Å². The van der Waals surface area contributed by atoms with E-state index < -0.39 is 0 Å². The summed E-state index contributed by atoms with van der Waals surface area (Å²) >= 11 is 0. The Morgan fingerprint density at radius 2 is 1.85 bits per heavy atom. The maximum atomic E-state index is 8.88. The van der Waals surface area contributed by atoms with E-state index in [1.165, 1.54) is 11.3 Å². The molecule has 0 bridgehead atoms. The molecule has 1 N–H and O–H groups in total. The first-order valence-electron chi connectivity index (χ1n) is 8.96. The monoisotopic (exact) mass is 347 g/mol. The molecule has 0 amide bonds. The van der Waals surface area contributed by atoms with E-state index in [0.29, 0.717) is 12.1 Å². The second kappa shape index (κ2) is 8.39. The van der Waals surface area contributed by atoms with Gasteiger partial charge in [-0.1, -0.05) is 24.3 Å². The summed E-state index contributed by atoms with van der Waals surface area (Å²) in [6.45, 7) is 6.70. The fourth-order valence-corrected chi connectivity index (χ4v) is 3.21. The van der Waals surface area contributed by atoms with Crippen LogP contribution in [0, 0.1) is 18.3 Å². The van der Waals surface area contributed by atoms with Crippen molar-refractivity contribution in [2.75, 3.05) is 38.1 Å². The van der Waals surface area contributed by atoms with Crippen molar-refractivity contribution in [2.24, 2.45) is 4.99 Å². The zero-order chi connectivity index (χ0) is 18.4. The number of anilines is 1. The molecule has 1 aliphatic heterocycles. The molecule has 5 nitrogen and oxygen atoms in total. The summed E-state index contributed by atoms with van der Waals surface area (Å²) in [6, 6.07) is 18.5. The molecule has 0 spiro atoms. The Morgan fingerprint density at radius 1 is 1.12 bits per heavy atom. The van der Waals surface area contributed by atoms with Gasteiger partial charge in [-0.05, 0) is 42.3 Å². The summed E-state index contributed by atoms with van der Waals surface area (Å²) in [5.41, 5.74) is 4.42. The Hall–Kier alpha value is -3.00. The molecule has 0 aromatic heterocycles. The van der Waals surface area contributed by atoms with Gasteiger partial charge in [0, 0.05) is 45.5 Å². The van der Waals surface area contributed by atoms with Crippen molar-refractivity contribution in [1.82, 2.24) is 10.2 Å². The zero-order valence-corrected chi connectivity index (χ0v) is 15.4. The molecule has 1 saturated heterocycles. The van der Waals surface area contributed by atoms with Crippen molar-refractivity contribution in [2.45, 2.75) is 13.5 Å². The highest BCUT2D eigenvalue weighted by Gasteiger charge is 2.19. The number of aliphatic imine (C=N–C) groups is 1. The quantitative estimate of drug-likeness (QED) is 0.685. The van der Waals surface area contributed by atoms with Crippen LogP contribution in [0.4, 0.5) is 5.69 Å². The number of rotatable bonds is 3. The Labute approximate surface area is 155 Å². The van der Waals surface area contributed by atoms with Crippen LogP contribution in [0.3, 0.4) is 0 Å². The van der Waals surface area contributed by atoms with Gasteiger partial charge in [-0.2, -0.15) is 5.26 Å². The Balaban J connectivity index is 1.54. The third-order valence-electron chi connectivity index (χ3n) is 4.69. The fourth-order valence-electron chi connectivity index (χ4n) is 3.21. The molecule has 1 fully saturated rings. The van der Waals surface area contributed by atoms with E-state index in [2.05, 4.69) is 57.4 Å². The van der Waals surface area contributed by atoms with E-state index in [0.717, 1.165) is 37.7 Å². The van der Waals surface area contributed by atoms with Gasteiger partial charge in [-0.15, -0.1) is 0 Å². The number of nitrogens with zero attached hydrogens (tertiary/aromatic N) is 4. The van der Waals surface area contributed by atoms with Crippen molar-refractivity contribution in [3.8, 4) is 6.07 Å². The average Bonchev–Trinajstić information content (AvgIpc) is 2.69. The number of hydrogen-bond acceptors (Lipinski definition) is 3. The molecule has 26 heavy (non-hydrogen) atoms. The van der Waals surface area contributed by atoms with Crippen molar-refractivity contribution < 1.29 is 0 Å². The number of hydrogen-bond donors (Lipinski definition) is 1. The first-order valence-corrected chi connectivity index (χ1v) is 8.96. The lowest BCUT2D eigenvalue weighted by Gasteiger charge is -2.37. The highest BCUT2D eigenvalue weighted by atomic mass is 15.3. The number of guanidine groups is 1. The third kappa shape index (κ3) is 4.34. The molecule has 0 atom stereocenters. The first kappa shape index (κ1) is 17.8. The highest BCUT2D eigenvalue weighted by molar-refractivity contribution is 5.80. The van der Waals surface area contributed by atoms with E-state index in [9.17, 15) is 0 Å². The summed E-state index contributed by atoms with van der Waals surface area (Å²) in [5.74, 6) is 0.929. The Kier molecular flexibility index (Phi) is 5.75. The molecule has 1 heterocycles. The summed E-state index contributed by atoms with van der Waals surface area (Å²) in [6.07, 6.45) is 0. The topological polar surface area (TPSA) is 54.7 Å². The van der Waals surface area contributed by atoms with Crippen molar-refractivity contribution >= 4 is 11.6 Å². The van der Waals surface area contributed by atoms with Gasteiger partial charge in [0.2, 0.25) is 0 Å². The summed E-state index contributed by atoms with van der Waals surface area (Å²) in [5, 5.41) is 12.3. The predicted molar refractivity (Wildman–Crippen MR) is 106 cm³/mol. The van der Waals surface area contributed by atoms with Crippen LogP contribution in [0.2, 0.25) is 0 Å². The van der Waals surface area contributed by atoms with Crippen LogP contribution >= 0.6 is 0 Å². The number of benzene rings is 2. The number of piperazine rings is 1. The minimum absolute atomic E-state index is 0.686. The van der Waals surface area contributed by atoms with Crippen LogP contribution in [0.25, 0.3) is 0 Å². The number of nitrogens with one attached hydrogen (secondary N) is 1. The minimum atomic E-state index is 0.686. The van der Waals surface area contributed by atoms with Crippen LogP contribution < -0.4 is 10.2 Å². The number of nitriles is 1. The lowest BCUT2D eigenvalue weighted by atomic mass is 10.1. The highest BCUT2D eigenvalue weighted by Crippen LogP contribution is 2.17. The minimum Gasteiger partial charge on any atom is -0.368 e. The zero-order valence-electron chi connectivity index (χ0n) is 15.4. The molecule has 2 aromatic rings. The van der Waals surface area contributed by atoms with Crippen LogP contribution in [-0.2, 0) is 6.54 Å². The molecule has 0 unspecified atom stereocenters. The Morgan fingerprint density at radius 3 is 2.46 bits per heavy atom. The first-order chi connectivity index (χ1) is 12.7. The van der Waals surface area contributed by atoms with Gasteiger partial charge in [0.15, 0.2) is 5.96 Å². The van der Waals surface area contributed by atoms with Crippen LogP contribution in [0.1, 0.15) is 16.7 Å². The SMILES string of the molecule is CN=C(NCc1ccc(C#N)cc1)N1CCN(c2cccc(C)c2)CC1. The normalized spacial score (nSPS) is 14.9. The molecule has 134 valence electrons. The molecular formula is C21H25N5. The van der Waals surface area contributed by atoms with Gasteiger partial charge in [0.25, 0.3) is 0 Å². The molecule has 3 rings (SSSR count). The van der Waals surface area contributed by atoms with E-state index >= 15 is 0 Å². The summed E-state index contributed by atoms with van der Waals surface area (Å²) in [7, 11) is 1.83. The van der Waals surface area contributed by atoms with Crippen LogP contribution in [0.5, 0.6) is 0 Å². The molecule has 0 radical (unpaired) electrons. The smallest absolute Gasteiger partial charge is 0.194 e. The van der Waals surface area contributed by atoms with Crippen molar-refractivity contribution in [1.29, 1.82) is 5.26 Å². The predicted octanol–water partition coefficient (Wildman–Crippen LogP) is 2.76. The van der Waals surface area contributed by atoms with Crippen LogP contribution in [-0.4, -0.2) is 44.1 Å². The lowest BCUT2D eigenvalue weighted by molar-refractivity contribution is 0.372. The van der Waals surface area contributed by atoms with Gasteiger partial charge >= 0.3 is 0 Å². The summed E-state index contributed by atoms with van der Waals surface area (Å²) in [4.78, 5) is 9.16. The molecule has 0 aliphatic carbocycles. The average molecular weight is 347 g/mol. The lowest BCUT2D eigenvalue weighted by Crippen LogP contribution is -2.52. The largest absolute Gasteiger partial charge is 0.368 e. The van der Waals surface area contributed by atoms with Gasteiger partial charge < -0.3 is 15.1 Å². The van der Waals surface area contributed by atoms with Gasteiger partial charge in [0.1, 0.15) is 0 Å². The Bertz CT molecular complexity index is 796. The van der Waals surface area contributed by atoms with Crippen LogP contribution in [0.15, 0.2) is 53.5 Å². The van der Waals surface area contributed by atoms with Gasteiger partial charge in [0.05, 0.1) is 11.6 Å². The standard InChI is InChI=1S/C21H25N5/c1-17-4-3-5-20(14-17)25-10-12-26(13-11-25)21(23-2)24-16-19-8-6-18(15-22)7-9-19/h3-9,14H,10-13,16H2,1-2H3,(H,23,24). The molecular weight excluding hydrogens is 322 g/mol. The van der Waals surface area contributed by atoms with E-state index in [1.807, 2.05) is 31.3 Å². The van der Waals surface area contributed by atoms with Gasteiger partial charge in [-0.25, -0.2) is 0 Å².